The lowest BCUT2D eigenvalue weighted by Gasteiger charge is -2.19. The van der Waals surface area contributed by atoms with Gasteiger partial charge in [-0.2, -0.15) is 0 Å². The number of oxime groups is 1. The van der Waals surface area contributed by atoms with Gasteiger partial charge < -0.3 is 10.9 Å². The summed E-state index contributed by atoms with van der Waals surface area (Å²) in [6.45, 7) is 3.87. The molecule has 0 amide bonds. The van der Waals surface area contributed by atoms with E-state index in [4.69, 9.17) is 34.1 Å². The first kappa shape index (κ1) is 14.1. The van der Waals surface area contributed by atoms with E-state index >= 15 is 0 Å². The summed E-state index contributed by atoms with van der Waals surface area (Å²) in [6.07, 6.45) is 0. The van der Waals surface area contributed by atoms with Crippen LogP contribution in [0.4, 0.5) is 0 Å². The Labute approximate surface area is 111 Å². The number of likely N-dealkylation sites (N-methyl/N-ethyl adjacent to an activating group) is 1. The number of nitrogens with zero attached hydrogens (tertiary/aromatic N) is 2. The Hall–Kier alpha value is -0.970. The third-order valence-electron chi connectivity index (χ3n) is 2.35. The largest absolute Gasteiger partial charge is 0.409 e. The molecule has 94 valence electrons. The maximum absolute atomic E-state index is 8.52. The SMILES string of the molecule is CCN(CC(N)=NO)Cc1ccc(Cl)c(Cl)c1. The van der Waals surface area contributed by atoms with Crippen LogP contribution in [-0.2, 0) is 6.54 Å². The van der Waals surface area contributed by atoms with Crippen molar-refractivity contribution < 1.29 is 5.21 Å². The van der Waals surface area contributed by atoms with Crippen LogP contribution in [0.5, 0.6) is 0 Å². The van der Waals surface area contributed by atoms with E-state index in [1.54, 1.807) is 6.07 Å². The van der Waals surface area contributed by atoms with Gasteiger partial charge in [0.05, 0.1) is 16.6 Å². The molecular formula is C11H15Cl2N3O. The molecule has 0 fully saturated rings. The third kappa shape index (κ3) is 4.42. The Balaban J connectivity index is 2.70. The number of amidine groups is 1. The summed E-state index contributed by atoms with van der Waals surface area (Å²) < 4.78 is 0. The summed E-state index contributed by atoms with van der Waals surface area (Å²) in [5.41, 5.74) is 6.50. The van der Waals surface area contributed by atoms with E-state index in [2.05, 4.69) is 5.16 Å². The summed E-state index contributed by atoms with van der Waals surface area (Å²) in [5, 5.41) is 12.5. The molecule has 6 heteroatoms. The lowest BCUT2D eigenvalue weighted by Crippen LogP contribution is -2.33. The Morgan fingerprint density at radius 1 is 1.41 bits per heavy atom. The Morgan fingerprint density at radius 3 is 2.65 bits per heavy atom. The smallest absolute Gasteiger partial charge is 0.153 e. The van der Waals surface area contributed by atoms with E-state index < -0.39 is 0 Å². The molecular weight excluding hydrogens is 261 g/mol. The van der Waals surface area contributed by atoms with E-state index in [0.717, 1.165) is 12.1 Å². The highest BCUT2D eigenvalue weighted by Gasteiger charge is 2.07. The van der Waals surface area contributed by atoms with Gasteiger partial charge in [-0.15, -0.1) is 0 Å². The van der Waals surface area contributed by atoms with Crippen molar-refractivity contribution in [3.8, 4) is 0 Å². The van der Waals surface area contributed by atoms with Gasteiger partial charge in [-0.05, 0) is 24.2 Å². The van der Waals surface area contributed by atoms with E-state index in [-0.39, 0.29) is 5.84 Å². The zero-order valence-corrected chi connectivity index (χ0v) is 11.0. The van der Waals surface area contributed by atoms with Crippen molar-refractivity contribution in [1.82, 2.24) is 4.90 Å². The number of benzene rings is 1. The van der Waals surface area contributed by atoms with Gasteiger partial charge in [0.25, 0.3) is 0 Å². The van der Waals surface area contributed by atoms with Crippen LogP contribution in [0.3, 0.4) is 0 Å². The number of halogens is 2. The van der Waals surface area contributed by atoms with Crippen molar-refractivity contribution in [2.75, 3.05) is 13.1 Å². The van der Waals surface area contributed by atoms with Crippen molar-refractivity contribution in [2.24, 2.45) is 10.9 Å². The van der Waals surface area contributed by atoms with Gasteiger partial charge in [0.2, 0.25) is 0 Å². The molecule has 3 N–H and O–H groups in total. The van der Waals surface area contributed by atoms with Gasteiger partial charge in [-0.25, -0.2) is 0 Å². The summed E-state index contributed by atoms with van der Waals surface area (Å²) in [4.78, 5) is 2.02. The maximum Gasteiger partial charge on any atom is 0.153 e. The molecule has 1 aromatic carbocycles. The van der Waals surface area contributed by atoms with Gasteiger partial charge in [-0.1, -0.05) is 41.3 Å². The van der Waals surface area contributed by atoms with Crippen LogP contribution in [-0.4, -0.2) is 29.0 Å². The second kappa shape index (κ2) is 6.69. The first-order valence-corrected chi connectivity index (χ1v) is 5.95. The highest BCUT2D eigenvalue weighted by atomic mass is 35.5. The van der Waals surface area contributed by atoms with Gasteiger partial charge >= 0.3 is 0 Å². The van der Waals surface area contributed by atoms with E-state index in [0.29, 0.717) is 23.1 Å². The second-order valence-electron chi connectivity index (χ2n) is 3.64. The zero-order valence-electron chi connectivity index (χ0n) is 9.53. The molecule has 1 aromatic rings. The topological polar surface area (TPSA) is 61.8 Å². The second-order valence-corrected chi connectivity index (χ2v) is 4.46. The average molecular weight is 276 g/mol. The molecule has 0 atom stereocenters. The van der Waals surface area contributed by atoms with Crippen LogP contribution in [0.2, 0.25) is 10.0 Å². The molecule has 0 heterocycles. The van der Waals surface area contributed by atoms with E-state index in [1.807, 2.05) is 24.0 Å². The molecule has 0 saturated heterocycles. The molecule has 0 aliphatic rings. The molecule has 0 aliphatic carbocycles. The standard InChI is InChI=1S/C11H15Cl2N3O/c1-2-16(7-11(14)15-17)6-8-3-4-9(12)10(13)5-8/h3-5,17H,2,6-7H2,1H3,(H2,14,15). The summed E-state index contributed by atoms with van der Waals surface area (Å²) in [6, 6.07) is 5.48. The van der Waals surface area contributed by atoms with Crippen molar-refractivity contribution in [2.45, 2.75) is 13.5 Å². The number of nitrogens with two attached hydrogens (primary N) is 1. The number of rotatable bonds is 5. The minimum absolute atomic E-state index is 0.187. The summed E-state index contributed by atoms with van der Waals surface area (Å²) >= 11 is 11.8. The fourth-order valence-corrected chi connectivity index (χ4v) is 1.76. The van der Waals surface area contributed by atoms with Crippen molar-refractivity contribution in [3.63, 3.8) is 0 Å². The Bertz CT molecular complexity index is 410. The first-order chi connectivity index (χ1) is 8.06. The molecule has 4 nitrogen and oxygen atoms in total. The van der Waals surface area contributed by atoms with Crippen LogP contribution in [0.15, 0.2) is 23.4 Å². The van der Waals surface area contributed by atoms with Crippen molar-refractivity contribution in [3.05, 3.63) is 33.8 Å². The maximum atomic E-state index is 8.52. The van der Waals surface area contributed by atoms with Crippen LogP contribution in [0.1, 0.15) is 12.5 Å². The average Bonchev–Trinajstić information content (AvgIpc) is 2.32. The van der Waals surface area contributed by atoms with Crippen LogP contribution in [0, 0.1) is 0 Å². The minimum atomic E-state index is 0.187. The molecule has 0 bridgehead atoms. The van der Waals surface area contributed by atoms with E-state index in [1.165, 1.54) is 0 Å². The minimum Gasteiger partial charge on any atom is -0.409 e. The molecule has 0 spiro atoms. The highest BCUT2D eigenvalue weighted by molar-refractivity contribution is 6.42. The van der Waals surface area contributed by atoms with Crippen molar-refractivity contribution >= 4 is 29.0 Å². The van der Waals surface area contributed by atoms with Crippen LogP contribution >= 0.6 is 23.2 Å². The number of hydrogen-bond donors (Lipinski definition) is 2. The molecule has 0 saturated carbocycles. The highest BCUT2D eigenvalue weighted by Crippen LogP contribution is 2.23. The quantitative estimate of drug-likeness (QED) is 0.376. The fraction of sp³-hybridized carbons (Fsp3) is 0.364. The van der Waals surface area contributed by atoms with Crippen LogP contribution in [0.25, 0.3) is 0 Å². The molecule has 0 aromatic heterocycles. The molecule has 0 unspecified atom stereocenters. The molecule has 17 heavy (non-hydrogen) atoms. The van der Waals surface area contributed by atoms with Gasteiger partial charge in [-0.3, -0.25) is 4.90 Å². The molecule has 0 radical (unpaired) electrons. The predicted octanol–water partition coefficient (Wildman–Crippen LogP) is 2.56. The van der Waals surface area contributed by atoms with Crippen molar-refractivity contribution in [1.29, 1.82) is 0 Å². The normalized spacial score (nSPS) is 12.1. The van der Waals surface area contributed by atoms with Gasteiger partial charge in [0.1, 0.15) is 0 Å². The molecule has 0 aliphatic heterocycles. The van der Waals surface area contributed by atoms with Gasteiger partial charge in [0, 0.05) is 6.54 Å². The number of hydrogen-bond acceptors (Lipinski definition) is 3. The zero-order chi connectivity index (χ0) is 12.8. The monoisotopic (exact) mass is 275 g/mol. The summed E-state index contributed by atoms with van der Waals surface area (Å²) in [7, 11) is 0. The molecule has 1 rings (SSSR count). The van der Waals surface area contributed by atoms with Crippen LogP contribution < -0.4 is 5.73 Å². The van der Waals surface area contributed by atoms with E-state index in [9.17, 15) is 0 Å². The lowest BCUT2D eigenvalue weighted by atomic mass is 10.2. The first-order valence-electron chi connectivity index (χ1n) is 5.19. The third-order valence-corrected chi connectivity index (χ3v) is 3.09. The Morgan fingerprint density at radius 2 is 2.12 bits per heavy atom. The van der Waals surface area contributed by atoms with Gasteiger partial charge in [0.15, 0.2) is 5.84 Å². The fourth-order valence-electron chi connectivity index (χ4n) is 1.44. The lowest BCUT2D eigenvalue weighted by molar-refractivity contribution is 0.294. The summed E-state index contributed by atoms with van der Waals surface area (Å²) in [5.74, 6) is 0.187. The Kier molecular flexibility index (Phi) is 5.55. The predicted molar refractivity (Wildman–Crippen MR) is 70.8 cm³/mol.